The molecule has 136 valence electrons. The van der Waals surface area contributed by atoms with Gasteiger partial charge in [-0.25, -0.2) is 0 Å². The van der Waals surface area contributed by atoms with Crippen LogP contribution in [0.25, 0.3) is 0 Å². The van der Waals surface area contributed by atoms with E-state index in [1.165, 1.54) is 6.08 Å². The molecule has 2 amide bonds. The van der Waals surface area contributed by atoms with Gasteiger partial charge in [-0.1, -0.05) is 24.3 Å². The highest BCUT2D eigenvalue weighted by Crippen LogP contribution is 2.15. The highest BCUT2D eigenvalue weighted by atomic mass is 16.2. The Labute approximate surface area is 153 Å². The fourth-order valence-electron chi connectivity index (χ4n) is 2.27. The summed E-state index contributed by atoms with van der Waals surface area (Å²) in [5.74, 6) is -0.488. The van der Waals surface area contributed by atoms with Crippen molar-refractivity contribution in [2.75, 3.05) is 31.3 Å². The lowest BCUT2D eigenvalue weighted by Crippen LogP contribution is -2.14. The Kier molecular flexibility index (Phi) is 7.08. The molecule has 0 heterocycles. The van der Waals surface area contributed by atoms with Crippen LogP contribution in [0.4, 0.5) is 11.4 Å². The van der Waals surface area contributed by atoms with Gasteiger partial charge in [0.15, 0.2) is 0 Å². The van der Waals surface area contributed by atoms with Crippen molar-refractivity contribution in [1.82, 2.24) is 4.90 Å². The maximum Gasteiger partial charge on any atom is 0.255 e. The van der Waals surface area contributed by atoms with Gasteiger partial charge in [-0.05, 0) is 50.0 Å². The largest absolute Gasteiger partial charge is 0.326 e. The molecule has 4 N–H and O–H groups in total. The molecule has 0 saturated heterocycles. The van der Waals surface area contributed by atoms with Crippen LogP contribution in [0.1, 0.15) is 15.9 Å². The molecule has 26 heavy (non-hydrogen) atoms. The van der Waals surface area contributed by atoms with Crippen molar-refractivity contribution in [3.05, 3.63) is 71.8 Å². The molecule has 0 bridgehead atoms. The number of nitrogens with zero attached hydrogens (tertiary/aromatic N) is 1. The molecule has 0 fully saturated rings. The molecule has 0 unspecified atom stereocenters. The standard InChI is InChI=1S/C20H24N4O2/c1-24(2)11-5-10-19(25)22-18-9-4-7-16(13-18)20(26)23-17-8-3-6-15(12-17)14-21/h3-10,12-13H,11,14,21H2,1-2H3,(H,22,25)(H,23,26)/b10-5+. The van der Waals surface area contributed by atoms with Gasteiger partial charge in [0.25, 0.3) is 5.91 Å². The zero-order valence-electron chi connectivity index (χ0n) is 15.0. The summed E-state index contributed by atoms with van der Waals surface area (Å²) in [6.45, 7) is 1.09. The predicted molar refractivity (Wildman–Crippen MR) is 105 cm³/mol. The normalized spacial score (nSPS) is 10.9. The molecule has 2 aromatic carbocycles. The number of anilines is 2. The van der Waals surface area contributed by atoms with Crippen LogP contribution in [-0.4, -0.2) is 37.4 Å². The maximum atomic E-state index is 12.4. The number of carbonyl (C=O) groups is 2. The van der Waals surface area contributed by atoms with Crippen molar-refractivity contribution in [2.24, 2.45) is 5.73 Å². The number of amides is 2. The van der Waals surface area contributed by atoms with Crippen molar-refractivity contribution < 1.29 is 9.59 Å². The number of nitrogens with two attached hydrogens (primary N) is 1. The maximum absolute atomic E-state index is 12.4. The molecule has 0 saturated carbocycles. The van der Waals surface area contributed by atoms with E-state index >= 15 is 0 Å². The first-order valence-corrected chi connectivity index (χ1v) is 8.30. The van der Waals surface area contributed by atoms with Crippen LogP contribution in [0.5, 0.6) is 0 Å². The van der Waals surface area contributed by atoms with Crippen molar-refractivity contribution in [3.63, 3.8) is 0 Å². The fraction of sp³-hybridized carbons (Fsp3) is 0.200. The average molecular weight is 352 g/mol. The Balaban J connectivity index is 2.02. The Morgan fingerprint density at radius 1 is 1.04 bits per heavy atom. The second kappa shape index (κ2) is 9.50. The summed E-state index contributed by atoms with van der Waals surface area (Å²) >= 11 is 0. The van der Waals surface area contributed by atoms with Gasteiger partial charge in [0, 0.05) is 36.1 Å². The summed E-state index contributed by atoms with van der Waals surface area (Å²) in [6, 6.07) is 14.2. The van der Waals surface area contributed by atoms with E-state index in [0.717, 1.165) is 5.56 Å². The van der Waals surface area contributed by atoms with Crippen LogP contribution in [0.15, 0.2) is 60.7 Å². The first-order chi connectivity index (χ1) is 12.5. The van der Waals surface area contributed by atoms with Crippen LogP contribution >= 0.6 is 0 Å². The summed E-state index contributed by atoms with van der Waals surface area (Å²) in [5, 5.41) is 5.59. The second-order valence-electron chi connectivity index (χ2n) is 6.09. The summed E-state index contributed by atoms with van der Waals surface area (Å²) in [5.41, 5.74) is 8.25. The molecule has 0 atom stereocenters. The zero-order valence-corrected chi connectivity index (χ0v) is 15.0. The van der Waals surface area contributed by atoms with E-state index in [2.05, 4.69) is 10.6 Å². The lowest BCUT2D eigenvalue weighted by Gasteiger charge is -2.09. The Hall–Kier alpha value is -2.96. The van der Waals surface area contributed by atoms with Gasteiger partial charge in [0.05, 0.1) is 0 Å². The van der Waals surface area contributed by atoms with Gasteiger partial charge < -0.3 is 21.3 Å². The highest BCUT2D eigenvalue weighted by Gasteiger charge is 2.08. The van der Waals surface area contributed by atoms with Gasteiger partial charge in [0.1, 0.15) is 0 Å². The minimum atomic E-state index is -0.251. The molecule has 0 aromatic heterocycles. The predicted octanol–water partition coefficient (Wildman–Crippen LogP) is 2.45. The summed E-state index contributed by atoms with van der Waals surface area (Å²) < 4.78 is 0. The van der Waals surface area contributed by atoms with Crippen molar-refractivity contribution in [1.29, 1.82) is 0 Å². The third-order valence-corrected chi connectivity index (χ3v) is 3.55. The number of hydrogen-bond acceptors (Lipinski definition) is 4. The quantitative estimate of drug-likeness (QED) is 0.668. The highest BCUT2D eigenvalue weighted by molar-refractivity contribution is 6.06. The Morgan fingerprint density at radius 2 is 1.73 bits per heavy atom. The van der Waals surface area contributed by atoms with Crippen molar-refractivity contribution in [3.8, 4) is 0 Å². The van der Waals surface area contributed by atoms with Crippen LogP contribution in [0, 0.1) is 0 Å². The van der Waals surface area contributed by atoms with E-state index in [9.17, 15) is 9.59 Å². The zero-order chi connectivity index (χ0) is 18.9. The van der Waals surface area contributed by atoms with E-state index in [-0.39, 0.29) is 11.8 Å². The van der Waals surface area contributed by atoms with Gasteiger partial charge in [-0.15, -0.1) is 0 Å². The number of carbonyl (C=O) groups excluding carboxylic acids is 2. The topological polar surface area (TPSA) is 87.5 Å². The van der Waals surface area contributed by atoms with Crippen LogP contribution in [-0.2, 0) is 11.3 Å². The lowest BCUT2D eigenvalue weighted by atomic mass is 10.1. The van der Waals surface area contributed by atoms with Gasteiger partial charge >= 0.3 is 0 Å². The number of benzene rings is 2. The van der Waals surface area contributed by atoms with Crippen LogP contribution < -0.4 is 16.4 Å². The molecule has 0 spiro atoms. The molecule has 2 rings (SSSR count). The average Bonchev–Trinajstić information content (AvgIpc) is 2.61. The van der Waals surface area contributed by atoms with Crippen LogP contribution in [0.2, 0.25) is 0 Å². The number of likely N-dealkylation sites (N-methyl/N-ethyl adjacent to an activating group) is 1. The Morgan fingerprint density at radius 3 is 2.42 bits per heavy atom. The van der Waals surface area contributed by atoms with Gasteiger partial charge in [-0.3, -0.25) is 9.59 Å². The molecular weight excluding hydrogens is 328 g/mol. The molecule has 6 nitrogen and oxygen atoms in total. The molecule has 2 aromatic rings. The van der Waals surface area contributed by atoms with E-state index in [0.29, 0.717) is 30.0 Å². The van der Waals surface area contributed by atoms with Gasteiger partial charge in [0.2, 0.25) is 5.91 Å². The lowest BCUT2D eigenvalue weighted by molar-refractivity contribution is -0.111. The third-order valence-electron chi connectivity index (χ3n) is 3.55. The van der Waals surface area contributed by atoms with E-state index in [4.69, 9.17) is 5.73 Å². The van der Waals surface area contributed by atoms with Gasteiger partial charge in [-0.2, -0.15) is 0 Å². The Bertz CT molecular complexity index is 800. The number of rotatable bonds is 7. The SMILES string of the molecule is CN(C)C/C=C/C(=O)Nc1cccc(C(=O)Nc2cccc(CN)c2)c1. The van der Waals surface area contributed by atoms with E-state index in [1.54, 1.807) is 36.4 Å². The molecule has 0 aliphatic rings. The second-order valence-corrected chi connectivity index (χ2v) is 6.09. The van der Waals surface area contributed by atoms with E-state index < -0.39 is 0 Å². The number of hydrogen-bond donors (Lipinski definition) is 3. The van der Waals surface area contributed by atoms with E-state index in [1.807, 2.05) is 37.2 Å². The molecule has 0 aliphatic carbocycles. The fourth-order valence-corrected chi connectivity index (χ4v) is 2.27. The first kappa shape index (κ1) is 19.4. The van der Waals surface area contributed by atoms with Crippen LogP contribution in [0.3, 0.4) is 0 Å². The first-order valence-electron chi connectivity index (χ1n) is 8.30. The molecule has 0 aliphatic heterocycles. The number of nitrogens with one attached hydrogen (secondary N) is 2. The minimum absolute atomic E-state index is 0.236. The summed E-state index contributed by atoms with van der Waals surface area (Å²) in [4.78, 5) is 26.3. The minimum Gasteiger partial charge on any atom is -0.326 e. The van der Waals surface area contributed by atoms with Crippen molar-refractivity contribution in [2.45, 2.75) is 6.54 Å². The smallest absolute Gasteiger partial charge is 0.255 e. The molecular formula is C20H24N4O2. The monoisotopic (exact) mass is 352 g/mol. The molecule has 6 heteroatoms. The summed E-state index contributed by atoms with van der Waals surface area (Å²) in [6.07, 6.45) is 3.25. The molecule has 0 radical (unpaired) electrons. The third kappa shape index (κ3) is 6.16. The summed E-state index contributed by atoms with van der Waals surface area (Å²) in [7, 11) is 3.85. The van der Waals surface area contributed by atoms with Crippen molar-refractivity contribution >= 4 is 23.2 Å².